The molecule has 2 fully saturated rings. The van der Waals surface area contributed by atoms with Crippen molar-refractivity contribution in [2.75, 3.05) is 13.1 Å². The highest BCUT2D eigenvalue weighted by Crippen LogP contribution is 2.38. The van der Waals surface area contributed by atoms with Crippen molar-refractivity contribution in [3.8, 4) is 6.07 Å². The van der Waals surface area contributed by atoms with Gasteiger partial charge in [-0.25, -0.2) is 9.97 Å². The van der Waals surface area contributed by atoms with Gasteiger partial charge in [-0.2, -0.15) is 5.26 Å². The van der Waals surface area contributed by atoms with Gasteiger partial charge in [0, 0.05) is 37.1 Å². The average Bonchev–Trinajstić information content (AvgIpc) is 3.39. The number of fused-ring (bicyclic) bond motifs is 3. The van der Waals surface area contributed by atoms with E-state index in [9.17, 15) is 4.79 Å². The molecule has 1 saturated carbocycles. The lowest BCUT2D eigenvalue weighted by atomic mass is 9.84. The van der Waals surface area contributed by atoms with E-state index in [4.69, 9.17) is 10.2 Å². The zero-order valence-electron chi connectivity index (χ0n) is 17.3. The van der Waals surface area contributed by atoms with Gasteiger partial charge in [0.05, 0.1) is 24.2 Å². The number of carbonyl (C=O) groups is 1. The number of aromatic amines is 1. The number of H-pyrrole nitrogens is 1. The molecule has 0 bridgehead atoms. The van der Waals surface area contributed by atoms with E-state index in [-0.39, 0.29) is 5.91 Å². The highest BCUT2D eigenvalue weighted by atomic mass is 16.2. The first kappa shape index (κ1) is 19.1. The summed E-state index contributed by atoms with van der Waals surface area (Å²) in [5.74, 6) is 1.54. The fourth-order valence-electron chi connectivity index (χ4n) is 5.28. The Morgan fingerprint density at radius 3 is 2.77 bits per heavy atom. The molecule has 7 nitrogen and oxygen atoms in total. The number of rotatable bonds is 4. The monoisotopic (exact) mass is 404 g/mol. The Balaban J connectivity index is 1.52. The van der Waals surface area contributed by atoms with Crippen molar-refractivity contribution < 1.29 is 4.79 Å². The van der Waals surface area contributed by atoms with Crippen LogP contribution in [0.5, 0.6) is 0 Å². The Morgan fingerprint density at radius 2 is 2.00 bits per heavy atom. The molecular weight excluding hydrogens is 376 g/mol. The molecule has 1 N–H and O–H groups in total. The van der Waals surface area contributed by atoms with Crippen LogP contribution in [-0.4, -0.2) is 43.4 Å². The predicted molar refractivity (Wildman–Crippen MR) is 115 cm³/mol. The zero-order chi connectivity index (χ0) is 20.5. The molecule has 30 heavy (non-hydrogen) atoms. The summed E-state index contributed by atoms with van der Waals surface area (Å²) >= 11 is 0. The van der Waals surface area contributed by atoms with Crippen LogP contribution in [0.1, 0.15) is 63.2 Å². The van der Waals surface area contributed by atoms with Gasteiger partial charge in [0.25, 0.3) is 0 Å². The van der Waals surface area contributed by atoms with Crippen LogP contribution >= 0.6 is 0 Å². The van der Waals surface area contributed by atoms with Gasteiger partial charge in [-0.3, -0.25) is 4.79 Å². The standard InChI is InChI=1S/C23H28N6O/c24-10-8-16-4-6-17(7-5-16)29-20(14-21(30)28-12-2-1-3-13-28)27-19-15-26-23-18(22(19)29)9-11-25-23/h9,11,15-17H,1-8,12-14H2,(H,25,26)/t16-,17-. The maximum absolute atomic E-state index is 13.0. The lowest BCUT2D eigenvalue weighted by molar-refractivity contribution is -0.131. The minimum atomic E-state index is 0.183. The Labute approximate surface area is 176 Å². The molecule has 1 aliphatic carbocycles. The second-order valence-electron chi connectivity index (χ2n) is 8.79. The molecule has 156 valence electrons. The summed E-state index contributed by atoms with van der Waals surface area (Å²) in [5.41, 5.74) is 2.81. The summed E-state index contributed by atoms with van der Waals surface area (Å²) < 4.78 is 2.33. The van der Waals surface area contributed by atoms with Crippen molar-refractivity contribution in [1.82, 2.24) is 24.4 Å². The third-order valence-corrected chi connectivity index (χ3v) is 6.89. The predicted octanol–water partition coefficient (Wildman–Crippen LogP) is 4.11. The van der Waals surface area contributed by atoms with E-state index in [0.29, 0.717) is 24.8 Å². The topological polar surface area (TPSA) is 90.6 Å². The molecule has 1 amide bonds. The minimum Gasteiger partial charge on any atom is -0.346 e. The number of piperidine rings is 1. The number of aromatic nitrogens is 4. The third-order valence-electron chi connectivity index (χ3n) is 6.89. The number of hydrogen-bond donors (Lipinski definition) is 1. The Morgan fingerprint density at radius 1 is 1.20 bits per heavy atom. The SMILES string of the molecule is N#CC[C@H]1CC[C@H](n2c(CC(=O)N3CCCCC3)nc3cnc4[nH]ccc4c32)CC1. The van der Waals surface area contributed by atoms with Crippen molar-refractivity contribution in [3.63, 3.8) is 0 Å². The van der Waals surface area contributed by atoms with E-state index in [0.717, 1.165) is 79.5 Å². The van der Waals surface area contributed by atoms with Gasteiger partial charge in [-0.1, -0.05) is 0 Å². The molecule has 4 heterocycles. The van der Waals surface area contributed by atoms with Crippen LogP contribution in [0, 0.1) is 17.2 Å². The third kappa shape index (κ3) is 3.45. The molecule has 5 rings (SSSR count). The zero-order valence-corrected chi connectivity index (χ0v) is 17.3. The number of nitriles is 1. The van der Waals surface area contributed by atoms with Crippen molar-refractivity contribution >= 4 is 28.0 Å². The highest BCUT2D eigenvalue weighted by molar-refractivity contribution is 6.01. The van der Waals surface area contributed by atoms with Gasteiger partial charge in [-0.15, -0.1) is 0 Å². The van der Waals surface area contributed by atoms with Crippen LogP contribution in [0.15, 0.2) is 18.5 Å². The Hall–Kier alpha value is -2.88. The number of carbonyl (C=O) groups excluding carboxylic acids is 1. The van der Waals surface area contributed by atoms with E-state index < -0.39 is 0 Å². The first-order valence-corrected chi connectivity index (χ1v) is 11.2. The van der Waals surface area contributed by atoms with Gasteiger partial charge >= 0.3 is 0 Å². The highest BCUT2D eigenvalue weighted by Gasteiger charge is 2.28. The smallest absolute Gasteiger partial charge is 0.230 e. The number of likely N-dealkylation sites (tertiary alicyclic amines) is 1. The molecule has 0 atom stereocenters. The molecule has 1 saturated heterocycles. The van der Waals surface area contributed by atoms with Crippen LogP contribution in [-0.2, 0) is 11.2 Å². The van der Waals surface area contributed by atoms with Crippen LogP contribution in [0.3, 0.4) is 0 Å². The molecule has 1 aliphatic heterocycles. The van der Waals surface area contributed by atoms with E-state index in [1.807, 2.05) is 17.3 Å². The minimum absolute atomic E-state index is 0.183. The first-order chi connectivity index (χ1) is 14.7. The molecule has 0 aromatic carbocycles. The number of imidazole rings is 1. The summed E-state index contributed by atoms with van der Waals surface area (Å²) in [6.45, 7) is 1.73. The number of pyridine rings is 1. The normalized spacial score (nSPS) is 22.4. The maximum atomic E-state index is 13.0. The lowest BCUT2D eigenvalue weighted by Gasteiger charge is -2.30. The van der Waals surface area contributed by atoms with Crippen LogP contribution in [0.2, 0.25) is 0 Å². The molecule has 2 aliphatic rings. The van der Waals surface area contributed by atoms with Crippen molar-refractivity contribution in [2.24, 2.45) is 5.92 Å². The second kappa shape index (κ2) is 8.10. The van der Waals surface area contributed by atoms with E-state index in [2.05, 4.69) is 26.7 Å². The van der Waals surface area contributed by atoms with Gasteiger partial charge < -0.3 is 14.5 Å². The molecule has 3 aromatic rings. The number of nitrogens with zero attached hydrogens (tertiary/aromatic N) is 5. The largest absolute Gasteiger partial charge is 0.346 e. The summed E-state index contributed by atoms with van der Waals surface area (Å²) in [6.07, 6.45) is 12.3. The summed E-state index contributed by atoms with van der Waals surface area (Å²) in [7, 11) is 0. The molecular formula is C23H28N6O. The maximum Gasteiger partial charge on any atom is 0.230 e. The van der Waals surface area contributed by atoms with Gasteiger partial charge in [0.15, 0.2) is 0 Å². The fraction of sp³-hybridized carbons (Fsp3) is 0.565. The molecule has 3 aromatic heterocycles. The van der Waals surface area contributed by atoms with Crippen molar-refractivity contribution in [1.29, 1.82) is 5.26 Å². The summed E-state index contributed by atoms with van der Waals surface area (Å²) in [6, 6.07) is 4.70. The molecule has 0 unspecified atom stereocenters. The van der Waals surface area contributed by atoms with Crippen LogP contribution < -0.4 is 0 Å². The van der Waals surface area contributed by atoms with Gasteiger partial charge in [0.1, 0.15) is 17.0 Å². The van der Waals surface area contributed by atoms with Gasteiger partial charge in [-0.05, 0) is 56.9 Å². The Bertz CT molecular complexity index is 1090. The molecule has 7 heteroatoms. The number of hydrogen-bond acceptors (Lipinski definition) is 4. The number of amides is 1. The second-order valence-corrected chi connectivity index (χ2v) is 8.79. The summed E-state index contributed by atoms with van der Waals surface area (Å²) in [5, 5.41) is 10.1. The Kier molecular flexibility index (Phi) is 5.16. The van der Waals surface area contributed by atoms with Crippen molar-refractivity contribution in [3.05, 3.63) is 24.3 Å². The molecule has 0 radical (unpaired) electrons. The fourth-order valence-corrected chi connectivity index (χ4v) is 5.28. The van der Waals surface area contributed by atoms with E-state index >= 15 is 0 Å². The quantitative estimate of drug-likeness (QED) is 0.708. The van der Waals surface area contributed by atoms with E-state index in [1.165, 1.54) is 6.42 Å². The van der Waals surface area contributed by atoms with E-state index in [1.54, 1.807) is 0 Å². The van der Waals surface area contributed by atoms with Crippen LogP contribution in [0.4, 0.5) is 0 Å². The van der Waals surface area contributed by atoms with Crippen LogP contribution in [0.25, 0.3) is 22.1 Å². The summed E-state index contributed by atoms with van der Waals surface area (Å²) in [4.78, 5) is 27.7. The van der Waals surface area contributed by atoms with Crippen molar-refractivity contribution in [2.45, 2.75) is 63.8 Å². The first-order valence-electron chi connectivity index (χ1n) is 11.2. The van der Waals surface area contributed by atoms with Gasteiger partial charge in [0.2, 0.25) is 5.91 Å². The molecule has 0 spiro atoms. The lowest BCUT2D eigenvalue weighted by Crippen LogP contribution is -2.37. The average molecular weight is 405 g/mol. The number of nitrogens with one attached hydrogen (secondary N) is 1.